The van der Waals surface area contributed by atoms with Gasteiger partial charge in [-0.3, -0.25) is 9.59 Å². The van der Waals surface area contributed by atoms with Crippen molar-refractivity contribution in [3.63, 3.8) is 0 Å². The lowest BCUT2D eigenvalue weighted by Gasteiger charge is -2.38. The van der Waals surface area contributed by atoms with Gasteiger partial charge in [0.05, 0.1) is 5.69 Å². The minimum atomic E-state index is -0.943. The second-order valence-corrected chi connectivity index (χ2v) is 8.55. The Hall–Kier alpha value is -2.67. The number of nitrogens with one attached hydrogen (secondary N) is 1. The largest absolute Gasteiger partial charge is 0.399 e. The zero-order valence-electron chi connectivity index (χ0n) is 17.2. The van der Waals surface area contributed by atoms with E-state index in [4.69, 9.17) is 5.73 Å². The second kappa shape index (κ2) is 9.00. The Balaban J connectivity index is 0.00000320. The third kappa shape index (κ3) is 5.27. The fourth-order valence-corrected chi connectivity index (χ4v) is 3.53. The van der Waals surface area contributed by atoms with Crippen LogP contribution in [0.1, 0.15) is 44.4 Å². The molecule has 3 rings (SSSR count). The quantitative estimate of drug-likeness (QED) is 0.695. The van der Waals surface area contributed by atoms with Gasteiger partial charge in [0, 0.05) is 24.7 Å². The van der Waals surface area contributed by atoms with E-state index >= 15 is 0 Å². The predicted molar refractivity (Wildman–Crippen MR) is 115 cm³/mol. The van der Waals surface area contributed by atoms with Gasteiger partial charge in [0.25, 0.3) is 5.91 Å². The molecule has 2 aromatic carbocycles. The number of carbonyl (C=O) groups excluding carboxylic acids is 2. The monoisotopic (exact) mass is 437 g/mol. The van der Waals surface area contributed by atoms with Gasteiger partial charge in [-0.1, -0.05) is 26.8 Å². The molecular weight excluding hydrogens is 412 g/mol. The van der Waals surface area contributed by atoms with Crippen LogP contribution in [0.25, 0.3) is 0 Å². The van der Waals surface area contributed by atoms with Gasteiger partial charge < -0.3 is 16.0 Å². The summed E-state index contributed by atoms with van der Waals surface area (Å²) in [4.78, 5) is 27.6. The first kappa shape index (κ1) is 23.6. The molecule has 0 radical (unpaired) electrons. The van der Waals surface area contributed by atoms with Gasteiger partial charge in [-0.15, -0.1) is 12.4 Å². The SMILES string of the molecule is CC(C)(C)CC(=O)N1CCc2ccc(N)cc2C1C(=O)Nc1ccc(F)cc1F.Cl. The zero-order valence-corrected chi connectivity index (χ0v) is 18.0. The highest BCUT2D eigenvalue weighted by Crippen LogP contribution is 2.34. The van der Waals surface area contributed by atoms with Gasteiger partial charge in [0.1, 0.15) is 17.7 Å². The number of hydrogen-bond donors (Lipinski definition) is 2. The number of amides is 2. The van der Waals surface area contributed by atoms with Crippen LogP contribution >= 0.6 is 12.4 Å². The van der Waals surface area contributed by atoms with Gasteiger partial charge in [-0.25, -0.2) is 8.78 Å². The van der Waals surface area contributed by atoms with Crippen LogP contribution in [0.5, 0.6) is 0 Å². The van der Waals surface area contributed by atoms with Crippen LogP contribution in [0.3, 0.4) is 0 Å². The van der Waals surface area contributed by atoms with Crippen LogP contribution in [-0.2, 0) is 16.0 Å². The van der Waals surface area contributed by atoms with Crippen LogP contribution in [0, 0.1) is 17.0 Å². The maximum atomic E-state index is 14.1. The molecule has 162 valence electrons. The maximum absolute atomic E-state index is 14.1. The highest BCUT2D eigenvalue weighted by Gasteiger charge is 2.37. The summed E-state index contributed by atoms with van der Waals surface area (Å²) in [5.41, 5.74) is 7.54. The number of nitrogens with two attached hydrogens (primary N) is 1. The number of nitrogen functional groups attached to an aromatic ring is 1. The summed E-state index contributed by atoms with van der Waals surface area (Å²) in [5.74, 6) is -2.34. The van der Waals surface area contributed by atoms with Crippen molar-refractivity contribution in [3.05, 3.63) is 59.2 Å². The molecule has 2 amide bonds. The third-order valence-corrected chi connectivity index (χ3v) is 4.84. The maximum Gasteiger partial charge on any atom is 0.251 e. The van der Waals surface area contributed by atoms with Crippen LogP contribution in [0.4, 0.5) is 20.2 Å². The molecule has 1 heterocycles. The number of carbonyl (C=O) groups is 2. The van der Waals surface area contributed by atoms with E-state index in [9.17, 15) is 18.4 Å². The van der Waals surface area contributed by atoms with E-state index < -0.39 is 23.6 Å². The molecule has 0 aromatic heterocycles. The molecule has 5 nitrogen and oxygen atoms in total. The lowest BCUT2D eigenvalue weighted by Crippen LogP contribution is -2.46. The van der Waals surface area contributed by atoms with Crippen LogP contribution in [0.15, 0.2) is 36.4 Å². The minimum absolute atomic E-state index is 0. The summed E-state index contributed by atoms with van der Waals surface area (Å²) < 4.78 is 27.2. The summed E-state index contributed by atoms with van der Waals surface area (Å²) in [5, 5.41) is 2.50. The Kier molecular flexibility index (Phi) is 7.08. The number of hydrogen-bond acceptors (Lipinski definition) is 3. The number of anilines is 2. The average molecular weight is 438 g/mol. The molecule has 3 N–H and O–H groups in total. The van der Waals surface area contributed by atoms with E-state index in [1.54, 1.807) is 12.1 Å². The fraction of sp³-hybridized carbons (Fsp3) is 0.364. The van der Waals surface area contributed by atoms with Crippen LogP contribution < -0.4 is 11.1 Å². The molecule has 30 heavy (non-hydrogen) atoms. The molecule has 0 saturated carbocycles. The first-order valence-corrected chi connectivity index (χ1v) is 9.49. The van der Waals surface area contributed by atoms with Crippen molar-refractivity contribution in [3.8, 4) is 0 Å². The smallest absolute Gasteiger partial charge is 0.251 e. The third-order valence-electron chi connectivity index (χ3n) is 4.84. The predicted octanol–water partition coefficient (Wildman–Crippen LogP) is 4.47. The van der Waals surface area contributed by atoms with E-state index in [0.29, 0.717) is 30.3 Å². The molecule has 0 saturated heterocycles. The molecular formula is C22H26ClF2N3O2. The van der Waals surface area contributed by atoms with Crippen molar-refractivity contribution >= 4 is 35.6 Å². The highest BCUT2D eigenvalue weighted by atomic mass is 35.5. The standard InChI is InChI=1S/C22H25F2N3O2.ClH/c1-22(2,3)12-19(28)27-9-8-13-4-6-15(25)11-16(13)20(27)21(29)26-18-7-5-14(23)10-17(18)24;/h4-7,10-11,20H,8-9,12,25H2,1-3H3,(H,26,29);1H. The summed E-state index contributed by atoms with van der Waals surface area (Å²) >= 11 is 0. The van der Waals surface area contributed by atoms with Crippen molar-refractivity contribution in [2.75, 3.05) is 17.6 Å². The van der Waals surface area contributed by atoms with E-state index in [2.05, 4.69) is 5.32 Å². The molecule has 0 spiro atoms. The second-order valence-electron chi connectivity index (χ2n) is 8.55. The number of fused-ring (bicyclic) bond motifs is 1. The highest BCUT2D eigenvalue weighted by molar-refractivity contribution is 5.98. The summed E-state index contributed by atoms with van der Waals surface area (Å²) in [6, 6.07) is 7.25. The van der Waals surface area contributed by atoms with Crippen molar-refractivity contribution in [1.82, 2.24) is 4.90 Å². The van der Waals surface area contributed by atoms with Gasteiger partial charge in [0.15, 0.2) is 0 Å². The number of nitrogens with zero attached hydrogens (tertiary/aromatic N) is 1. The van der Waals surface area contributed by atoms with Gasteiger partial charge in [-0.05, 0) is 47.2 Å². The first-order chi connectivity index (χ1) is 13.5. The first-order valence-electron chi connectivity index (χ1n) is 9.49. The Labute approximate surface area is 181 Å². The van der Waals surface area contributed by atoms with Gasteiger partial charge >= 0.3 is 0 Å². The van der Waals surface area contributed by atoms with Crippen LogP contribution in [-0.4, -0.2) is 23.3 Å². The molecule has 0 aliphatic carbocycles. The lowest BCUT2D eigenvalue weighted by molar-refractivity contribution is -0.141. The van der Waals surface area contributed by atoms with Crippen molar-refractivity contribution < 1.29 is 18.4 Å². The average Bonchev–Trinajstić information content (AvgIpc) is 2.61. The molecule has 0 fully saturated rings. The van der Waals surface area contributed by atoms with E-state index in [1.807, 2.05) is 26.8 Å². The molecule has 2 aromatic rings. The van der Waals surface area contributed by atoms with E-state index in [1.165, 1.54) is 4.90 Å². The number of halogens is 3. The van der Waals surface area contributed by atoms with Crippen LogP contribution in [0.2, 0.25) is 0 Å². The number of rotatable bonds is 3. The Morgan fingerprint density at radius 1 is 1.17 bits per heavy atom. The lowest BCUT2D eigenvalue weighted by atomic mass is 9.88. The van der Waals surface area contributed by atoms with Gasteiger partial charge in [-0.2, -0.15) is 0 Å². The Bertz CT molecular complexity index is 960. The molecule has 1 aliphatic heterocycles. The minimum Gasteiger partial charge on any atom is -0.399 e. The normalized spacial score (nSPS) is 15.8. The Morgan fingerprint density at radius 3 is 2.50 bits per heavy atom. The van der Waals surface area contributed by atoms with Gasteiger partial charge in [0.2, 0.25) is 5.91 Å². The molecule has 8 heteroatoms. The topological polar surface area (TPSA) is 75.4 Å². The van der Waals surface area contributed by atoms with Crippen molar-refractivity contribution in [1.29, 1.82) is 0 Å². The molecule has 1 atom stereocenters. The summed E-state index contributed by atoms with van der Waals surface area (Å²) in [6.45, 7) is 6.22. The van der Waals surface area contributed by atoms with E-state index in [-0.39, 0.29) is 35.8 Å². The summed E-state index contributed by atoms with van der Waals surface area (Å²) in [7, 11) is 0. The van der Waals surface area contributed by atoms with Crippen molar-refractivity contribution in [2.45, 2.75) is 39.7 Å². The molecule has 1 unspecified atom stereocenters. The Morgan fingerprint density at radius 2 is 1.87 bits per heavy atom. The summed E-state index contributed by atoms with van der Waals surface area (Å²) in [6.07, 6.45) is 0.861. The molecule has 1 aliphatic rings. The zero-order chi connectivity index (χ0) is 21.3. The fourth-order valence-electron chi connectivity index (χ4n) is 3.53. The number of benzene rings is 2. The molecule has 0 bridgehead atoms. The van der Waals surface area contributed by atoms with E-state index in [0.717, 1.165) is 17.7 Å². The van der Waals surface area contributed by atoms with Crippen molar-refractivity contribution in [2.24, 2.45) is 5.41 Å².